The van der Waals surface area contributed by atoms with E-state index in [4.69, 9.17) is 13.9 Å². The molecule has 0 spiro atoms. The summed E-state index contributed by atoms with van der Waals surface area (Å²) in [4.78, 5) is 23.9. The number of carbonyl (C=O) groups is 1. The van der Waals surface area contributed by atoms with E-state index in [1.54, 1.807) is 13.8 Å². The molecule has 5 nitrogen and oxygen atoms in total. The standard InChI is InChI=1S/C19H15FO5/c1-10-16(24-12(3)21)9-8-15-17(22)19(11(2)23-18(10)15)25-14-6-4-13(20)5-7-14/h4-9H,1-3H3. The highest BCUT2D eigenvalue weighted by Gasteiger charge is 2.17. The van der Waals surface area contributed by atoms with Gasteiger partial charge in [-0.1, -0.05) is 0 Å². The van der Waals surface area contributed by atoms with Crippen LogP contribution >= 0.6 is 0 Å². The Morgan fingerprint density at radius 2 is 1.76 bits per heavy atom. The second kappa shape index (κ2) is 6.39. The maximum atomic E-state index is 13.0. The summed E-state index contributed by atoms with van der Waals surface area (Å²) in [5, 5.41) is 0.302. The summed E-state index contributed by atoms with van der Waals surface area (Å²) in [6.45, 7) is 4.59. The maximum Gasteiger partial charge on any atom is 0.308 e. The molecular weight excluding hydrogens is 327 g/mol. The van der Waals surface area contributed by atoms with Crippen LogP contribution in [0.25, 0.3) is 11.0 Å². The minimum Gasteiger partial charge on any atom is -0.457 e. The molecule has 0 N–H and O–H groups in total. The highest BCUT2D eigenvalue weighted by molar-refractivity contribution is 5.84. The molecule has 0 bridgehead atoms. The Balaban J connectivity index is 2.11. The van der Waals surface area contributed by atoms with Crippen molar-refractivity contribution in [1.29, 1.82) is 0 Å². The summed E-state index contributed by atoms with van der Waals surface area (Å²) < 4.78 is 29.4. The van der Waals surface area contributed by atoms with E-state index in [1.807, 2.05) is 0 Å². The fourth-order valence-electron chi connectivity index (χ4n) is 2.47. The molecule has 0 fully saturated rings. The van der Waals surface area contributed by atoms with E-state index in [0.717, 1.165) is 0 Å². The molecule has 2 aromatic carbocycles. The molecule has 0 aliphatic heterocycles. The smallest absolute Gasteiger partial charge is 0.308 e. The second-order valence-electron chi connectivity index (χ2n) is 5.53. The fourth-order valence-corrected chi connectivity index (χ4v) is 2.47. The van der Waals surface area contributed by atoms with Gasteiger partial charge in [0.2, 0.25) is 11.2 Å². The average Bonchev–Trinajstić information content (AvgIpc) is 2.56. The number of hydrogen-bond acceptors (Lipinski definition) is 5. The lowest BCUT2D eigenvalue weighted by molar-refractivity contribution is -0.131. The number of esters is 1. The van der Waals surface area contributed by atoms with E-state index >= 15 is 0 Å². The number of ether oxygens (including phenoxy) is 2. The molecule has 1 heterocycles. The SMILES string of the molecule is CC(=O)Oc1ccc2c(=O)c(Oc3ccc(F)cc3)c(C)oc2c1C. The summed E-state index contributed by atoms with van der Waals surface area (Å²) in [5.41, 5.74) is 0.509. The van der Waals surface area contributed by atoms with Crippen LogP contribution in [0.2, 0.25) is 0 Å². The zero-order valence-electron chi connectivity index (χ0n) is 13.9. The van der Waals surface area contributed by atoms with Crippen molar-refractivity contribution < 1.29 is 23.1 Å². The molecule has 25 heavy (non-hydrogen) atoms. The molecule has 0 unspecified atom stereocenters. The van der Waals surface area contributed by atoms with Crippen molar-refractivity contribution in [2.45, 2.75) is 20.8 Å². The average molecular weight is 342 g/mol. The third-order valence-corrected chi connectivity index (χ3v) is 3.67. The maximum absolute atomic E-state index is 13.0. The lowest BCUT2D eigenvalue weighted by Crippen LogP contribution is -2.09. The first-order chi connectivity index (χ1) is 11.9. The number of rotatable bonds is 3. The van der Waals surface area contributed by atoms with E-state index in [0.29, 0.717) is 28.0 Å². The van der Waals surface area contributed by atoms with Crippen LogP contribution in [0.15, 0.2) is 45.6 Å². The van der Waals surface area contributed by atoms with Crippen LogP contribution in [0.4, 0.5) is 4.39 Å². The number of carbonyl (C=O) groups excluding carboxylic acids is 1. The van der Waals surface area contributed by atoms with Gasteiger partial charge in [-0.3, -0.25) is 9.59 Å². The minimum atomic E-state index is -0.460. The predicted octanol–water partition coefficient (Wildman–Crippen LogP) is 4.27. The Hall–Kier alpha value is -3.15. The van der Waals surface area contributed by atoms with Crippen molar-refractivity contribution in [2.24, 2.45) is 0 Å². The molecule has 128 valence electrons. The molecule has 0 atom stereocenters. The van der Waals surface area contributed by atoms with Crippen molar-refractivity contribution in [3.8, 4) is 17.2 Å². The first-order valence-electron chi connectivity index (χ1n) is 7.55. The minimum absolute atomic E-state index is 0.0266. The molecule has 0 saturated heterocycles. The van der Waals surface area contributed by atoms with Gasteiger partial charge in [0, 0.05) is 12.5 Å². The largest absolute Gasteiger partial charge is 0.457 e. The van der Waals surface area contributed by atoms with Crippen LogP contribution in [0.5, 0.6) is 17.2 Å². The summed E-state index contributed by atoms with van der Waals surface area (Å²) in [6.07, 6.45) is 0. The fraction of sp³-hybridized carbons (Fsp3) is 0.158. The number of benzene rings is 2. The molecule has 6 heteroatoms. The number of halogens is 1. The molecule has 1 aromatic heterocycles. The van der Waals surface area contributed by atoms with Crippen molar-refractivity contribution in [2.75, 3.05) is 0 Å². The summed E-state index contributed by atoms with van der Waals surface area (Å²) in [6, 6.07) is 8.38. The highest BCUT2D eigenvalue weighted by Crippen LogP contribution is 2.30. The van der Waals surface area contributed by atoms with Crippen LogP contribution in [0.1, 0.15) is 18.2 Å². The van der Waals surface area contributed by atoms with Gasteiger partial charge in [-0.2, -0.15) is 0 Å². The van der Waals surface area contributed by atoms with E-state index in [9.17, 15) is 14.0 Å². The van der Waals surface area contributed by atoms with E-state index < -0.39 is 11.8 Å². The molecule has 0 aliphatic rings. The Labute approximate surface area is 142 Å². The quantitative estimate of drug-likeness (QED) is 0.525. The third-order valence-electron chi connectivity index (χ3n) is 3.67. The number of aryl methyl sites for hydroxylation is 2. The van der Waals surface area contributed by atoms with Crippen molar-refractivity contribution in [1.82, 2.24) is 0 Å². The zero-order valence-corrected chi connectivity index (χ0v) is 13.9. The van der Waals surface area contributed by atoms with Crippen LogP contribution < -0.4 is 14.9 Å². The molecule has 0 aliphatic carbocycles. The first-order valence-corrected chi connectivity index (χ1v) is 7.55. The molecule has 3 aromatic rings. The second-order valence-corrected chi connectivity index (χ2v) is 5.53. The van der Waals surface area contributed by atoms with Gasteiger partial charge in [-0.15, -0.1) is 0 Å². The van der Waals surface area contributed by atoms with Gasteiger partial charge < -0.3 is 13.9 Å². The van der Waals surface area contributed by atoms with Crippen molar-refractivity contribution in [3.05, 3.63) is 63.8 Å². The van der Waals surface area contributed by atoms with E-state index in [2.05, 4.69) is 0 Å². The summed E-state index contributed by atoms with van der Waals surface area (Å²) >= 11 is 0. The Morgan fingerprint density at radius 3 is 2.40 bits per heavy atom. The van der Waals surface area contributed by atoms with Crippen LogP contribution in [0, 0.1) is 19.7 Å². The van der Waals surface area contributed by atoms with Gasteiger partial charge in [-0.05, 0) is 50.2 Å². The molecular formula is C19H15FO5. The topological polar surface area (TPSA) is 65.7 Å². The van der Waals surface area contributed by atoms with Crippen molar-refractivity contribution in [3.63, 3.8) is 0 Å². The predicted molar refractivity (Wildman–Crippen MR) is 89.7 cm³/mol. The first kappa shape index (κ1) is 16.7. The Bertz CT molecular complexity index is 1020. The van der Waals surface area contributed by atoms with Crippen LogP contribution in [-0.4, -0.2) is 5.97 Å². The van der Waals surface area contributed by atoms with Crippen LogP contribution in [0.3, 0.4) is 0 Å². The van der Waals surface area contributed by atoms with Gasteiger partial charge in [0.1, 0.15) is 28.7 Å². The van der Waals surface area contributed by atoms with Crippen LogP contribution in [-0.2, 0) is 4.79 Å². The Kier molecular flexibility index (Phi) is 4.27. The monoisotopic (exact) mass is 342 g/mol. The summed E-state index contributed by atoms with van der Waals surface area (Å²) in [5.74, 6) is 0.0869. The normalized spacial score (nSPS) is 10.7. The third kappa shape index (κ3) is 3.24. The molecule has 0 amide bonds. The molecule has 0 saturated carbocycles. The zero-order chi connectivity index (χ0) is 18.1. The van der Waals surface area contributed by atoms with Gasteiger partial charge in [-0.25, -0.2) is 4.39 Å². The van der Waals surface area contributed by atoms with E-state index in [1.165, 1.54) is 43.3 Å². The van der Waals surface area contributed by atoms with Crippen molar-refractivity contribution >= 4 is 16.9 Å². The van der Waals surface area contributed by atoms with Gasteiger partial charge in [0.25, 0.3) is 0 Å². The Morgan fingerprint density at radius 1 is 1.08 bits per heavy atom. The number of fused-ring (bicyclic) bond motifs is 1. The highest BCUT2D eigenvalue weighted by atomic mass is 19.1. The molecule has 0 radical (unpaired) electrons. The lowest BCUT2D eigenvalue weighted by Gasteiger charge is -2.11. The van der Waals surface area contributed by atoms with Gasteiger partial charge in [0.15, 0.2) is 0 Å². The number of hydrogen-bond donors (Lipinski definition) is 0. The van der Waals surface area contributed by atoms with Gasteiger partial charge >= 0.3 is 5.97 Å². The molecule has 3 rings (SSSR count). The lowest BCUT2D eigenvalue weighted by atomic mass is 10.1. The van der Waals surface area contributed by atoms with Gasteiger partial charge in [0.05, 0.1) is 5.39 Å². The van der Waals surface area contributed by atoms with E-state index in [-0.39, 0.29) is 16.9 Å². The summed E-state index contributed by atoms with van der Waals surface area (Å²) in [7, 11) is 0.